The summed E-state index contributed by atoms with van der Waals surface area (Å²) in [5, 5.41) is 8.07. The summed E-state index contributed by atoms with van der Waals surface area (Å²) in [6, 6.07) is -0.0435. The SMILES string of the molecule is Cc1nn(C)c(C)c1-c1nc2ncc(Br)c(N[C@H]3[C@@H](C(N)=O)[C@@H]4C=C[C@H]3C4)c2[nH]1. The summed E-state index contributed by atoms with van der Waals surface area (Å²) >= 11 is 3.61. The molecule has 0 unspecified atom stereocenters. The Morgan fingerprint density at radius 2 is 2.10 bits per heavy atom. The van der Waals surface area contributed by atoms with E-state index in [1.807, 2.05) is 25.6 Å². The number of nitrogens with one attached hydrogen (secondary N) is 2. The molecule has 9 heteroatoms. The van der Waals surface area contributed by atoms with Crippen molar-refractivity contribution in [2.45, 2.75) is 26.3 Å². The van der Waals surface area contributed by atoms with E-state index in [1.54, 1.807) is 6.20 Å². The first kappa shape index (κ1) is 18.4. The Hall–Kier alpha value is -2.68. The average Bonchev–Trinajstić information content (AvgIpc) is 3.41. The van der Waals surface area contributed by atoms with Crippen LogP contribution in [0.1, 0.15) is 17.8 Å². The standard InChI is InChI=1S/C20H22BrN7O/c1-8-13(9(2)28(3)27-8)19-25-17-16(12(21)7-23-20(17)26-19)24-15-11-5-4-10(6-11)14(15)18(22)29/h4-5,7,10-11,14-15H,6H2,1-3H3,(H2,22,29)(H2,23,24,25,26)/t10-,11+,14+,15-/m1/s1. The van der Waals surface area contributed by atoms with E-state index >= 15 is 0 Å². The molecule has 1 fully saturated rings. The van der Waals surface area contributed by atoms with Crippen molar-refractivity contribution in [3.05, 3.63) is 34.2 Å². The summed E-state index contributed by atoms with van der Waals surface area (Å²) in [5.41, 5.74) is 10.9. The predicted molar refractivity (Wildman–Crippen MR) is 114 cm³/mol. The number of fused-ring (bicyclic) bond motifs is 3. The van der Waals surface area contributed by atoms with Gasteiger partial charge in [-0.15, -0.1) is 0 Å². The van der Waals surface area contributed by atoms with Gasteiger partial charge in [-0.1, -0.05) is 12.2 Å². The van der Waals surface area contributed by atoms with Crippen LogP contribution in [0, 0.1) is 31.6 Å². The summed E-state index contributed by atoms with van der Waals surface area (Å²) in [7, 11) is 1.92. The van der Waals surface area contributed by atoms with Crippen molar-refractivity contribution in [2.75, 3.05) is 5.32 Å². The van der Waals surface area contributed by atoms with Gasteiger partial charge in [-0.3, -0.25) is 9.48 Å². The van der Waals surface area contributed by atoms with Crippen molar-refractivity contribution in [2.24, 2.45) is 30.5 Å². The number of nitrogens with zero attached hydrogens (tertiary/aromatic N) is 4. The molecule has 0 aliphatic heterocycles. The van der Waals surface area contributed by atoms with Crippen LogP contribution in [0.4, 0.5) is 5.69 Å². The zero-order chi connectivity index (χ0) is 20.4. The van der Waals surface area contributed by atoms with Gasteiger partial charge in [0.1, 0.15) is 11.3 Å². The molecule has 2 aliphatic rings. The van der Waals surface area contributed by atoms with Gasteiger partial charge >= 0.3 is 0 Å². The maximum Gasteiger partial charge on any atom is 0.223 e. The molecule has 2 aliphatic carbocycles. The summed E-state index contributed by atoms with van der Waals surface area (Å²) < 4.78 is 2.66. The number of aromatic amines is 1. The monoisotopic (exact) mass is 455 g/mol. The lowest BCUT2D eigenvalue weighted by molar-refractivity contribution is -0.122. The van der Waals surface area contributed by atoms with Gasteiger partial charge in [-0.05, 0) is 48.0 Å². The molecule has 8 nitrogen and oxygen atoms in total. The molecule has 1 amide bonds. The number of anilines is 1. The number of rotatable bonds is 4. The third-order valence-corrected chi connectivity index (χ3v) is 6.92. The quantitative estimate of drug-likeness (QED) is 0.523. The van der Waals surface area contributed by atoms with Crippen LogP contribution in [0.3, 0.4) is 0 Å². The highest BCUT2D eigenvalue weighted by Crippen LogP contribution is 2.46. The minimum Gasteiger partial charge on any atom is -0.378 e. The van der Waals surface area contributed by atoms with Crippen molar-refractivity contribution < 1.29 is 4.79 Å². The minimum absolute atomic E-state index is 0.0435. The van der Waals surface area contributed by atoms with Crippen molar-refractivity contribution in [3.8, 4) is 11.4 Å². The van der Waals surface area contributed by atoms with Crippen LogP contribution >= 0.6 is 15.9 Å². The van der Waals surface area contributed by atoms with Crippen LogP contribution in [-0.4, -0.2) is 36.7 Å². The topological polar surface area (TPSA) is 115 Å². The minimum atomic E-state index is -0.257. The van der Waals surface area contributed by atoms with Crippen LogP contribution in [0.15, 0.2) is 22.8 Å². The molecule has 1 saturated carbocycles. The second-order valence-electron chi connectivity index (χ2n) is 7.98. The fourth-order valence-corrected chi connectivity index (χ4v) is 5.30. The van der Waals surface area contributed by atoms with E-state index in [2.05, 4.69) is 48.5 Å². The zero-order valence-electron chi connectivity index (χ0n) is 16.4. The van der Waals surface area contributed by atoms with Crippen LogP contribution < -0.4 is 11.1 Å². The molecule has 2 bridgehead atoms. The normalized spacial score (nSPS) is 25.2. The lowest BCUT2D eigenvalue weighted by atomic mass is 9.88. The first-order valence-corrected chi connectivity index (χ1v) is 10.4. The van der Waals surface area contributed by atoms with Crippen molar-refractivity contribution in [3.63, 3.8) is 0 Å². The summed E-state index contributed by atoms with van der Waals surface area (Å²) in [6.45, 7) is 3.99. The fraction of sp³-hybridized carbons (Fsp3) is 0.400. The van der Waals surface area contributed by atoms with E-state index in [9.17, 15) is 4.79 Å². The number of allylic oxidation sites excluding steroid dienone is 1. The van der Waals surface area contributed by atoms with Crippen molar-refractivity contribution in [1.82, 2.24) is 24.7 Å². The molecule has 0 saturated heterocycles. The second kappa shape index (κ2) is 6.41. The van der Waals surface area contributed by atoms with Crippen LogP contribution in [0.25, 0.3) is 22.6 Å². The lowest BCUT2D eigenvalue weighted by Gasteiger charge is -2.28. The Bertz CT molecular complexity index is 1180. The average molecular weight is 456 g/mol. The first-order chi connectivity index (χ1) is 13.8. The number of H-pyrrole nitrogens is 1. The maximum absolute atomic E-state index is 12.1. The second-order valence-corrected chi connectivity index (χ2v) is 8.84. The van der Waals surface area contributed by atoms with E-state index < -0.39 is 0 Å². The first-order valence-electron chi connectivity index (χ1n) is 9.64. The number of halogens is 1. The Kier molecular flexibility index (Phi) is 4.06. The number of primary amides is 1. The van der Waals surface area contributed by atoms with Gasteiger partial charge in [0.05, 0.1) is 27.3 Å². The number of imidazole rings is 1. The Morgan fingerprint density at radius 1 is 1.34 bits per heavy atom. The molecule has 0 spiro atoms. The van der Waals surface area contributed by atoms with E-state index in [-0.39, 0.29) is 29.7 Å². The Labute approximate surface area is 176 Å². The molecular weight excluding hydrogens is 434 g/mol. The van der Waals surface area contributed by atoms with Gasteiger partial charge in [0, 0.05) is 25.0 Å². The number of hydrogen-bond acceptors (Lipinski definition) is 5. The third-order valence-electron chi connectivity index (χ3n) is 6.32. The van der Waals surface area contributed by atoms with Gasteiger partial charge in [-0.2, -0.15) is 5.10 Å². The summed E-state index contributed by atoms with van der Waals surface area (Å²) in [6.07, 6.45) is 7.01. The Balaban J connectivity index is 1.59. The van der Waals surface area contributed by atoms with Gasteiger partial charge in [-0.25, -0.2) is 9.97 Å². The molecule has 3 aromatic heterocycles. The maximum atomic E-state index is 12.1. The van der Waals surface area contributed by atoms with Crippen LogP contribution in [0.5, 0.6) is 0 Å². The number of carbonyl (C=O) groups excluding carboxylic acids is 1. The molecular formula is C20H22BrN7O. The van der Waals surface area contributed by atoms with E-state index in [0.717, 1.165) is 44.9 Å². The van der Waals surface area contributed by atoms with Gasteiger partial charge in [0.2, 0.25) is 5.91 Å². The van der Waals surface area contributed by atoms with Crippen molar-refractivity contribution >= 4 is 38.7 Å². The highest BCUT2D eigenvalue weighted by atomic mass is 79.9. The molecule has 0 radical (unpaired) electrons. The molecule has 4 N–H and O–H groups in total. The van der Waals surface area contributed by atoms with Crippen LogP contribution in [-0.2, 0) is 11.8 Å². The van der Waals surface area contributed by atoms with E-state index in [4.69, 9.17) is 10.7 Å². The van der Waals surface area contributed by atoms with E-state index in [0.29, 0.717) is 5.65 Å². The lowest BCUT2D eigenvalue weighted by Crippen LogP contribution is -2.41. The van der Waals surface area contributed by atoms with Gasteiger partial charge < -0.3 is 16.0 Å². The predicted octanol–water partition coefficient (Wildman–Crippen LogP) is 2.83. The molecule has 4 atom stereocenters. The number of amides is 1. The number of carbonyl (C=O) groups is 1. The highest BCUT2D eigenvalue weighted by Gasteiger charge is 2.47. The number of hydrogen-bond donors (Lipinski definition) is 3. The Morgan fingerprint density at radius 3 is 2.79 bits per heavy atom. The molecule has 5 rings (SSSR count). The third kappa shape index (κ3) is 2.71. The summed E-state index contributed by atoms with van der Waals surface area (Å²) in [4.78, 5) is 24.7. The fourth-order valence-electron chi connectivity index (χ4n) is 4.88. The molecule has 29 heavy (non-hydrogen) atoms. The smallest absolute Gasteiger partial charge is 0.223 e. The number of aromatic nitrogens is 5. The zero-order valence-corrected chi connectivity index (χ0v) is 18.0. The molecule has 3 aromatic rings. The largest absolute Gasteiger partial charge is 0.378 e. The van der Waals surface area contributed by atoms with E-state index in [1.165, 1.54) is 0 Å². The molecule has 3 heterocycles. The van der Waals surface area contributed by atoms with Crippen molar-refractivity contribution in [1.29, 1.82) is 0 Å². The highest BCUT2D eigenvalue weighted by molar-refractivity contribution is 9.10. The number of nitrogens with two attached hydrogens (primary N) is 1. The molecule has 150 valence electrons. The van der Waals surface area contributed by atoms with Gasteiger partial charge in [0.25, 0.3) is 0 Å². The number of pyridine rings is 1. The van der Waals surface area contributed by atoms with Gasteiger partial charge in [0.15, 0.2) is 5.65 Å². The number of aryl methyl sites for hydroxylation is 2. The molecule has 0 aromatic carbocycles. The van der Waals surface area contributed by atoms with Crippen LogP contribution in [0.2, 0.25) is 0 Å². The summed E-state index contributed by atoms with van der Waals surface area (Å²) in [5.74, 6) is 0.760.